The molecule has 226 valence electrons. The molecule has 3 rings (SSSR count). The number of aliphatic imine (C=N–C) groups is 2. The van der Waals surface area contributed by atoms with Gasteiger partial charge in [-0.3, -0.25) is 0 Å². The molecule has 0 spiro atoms. The molecule has 2 heterocycles. The molecule has 0 aromatic rings. The Morgan fingerprint density at radius 2 is 1.38 bits per heavy atom. The summed E-state index contributed by atoms with van der Waals surface area (Å²) >= 11 is 0. The Morgan fingerprint density at radius 3 is 1.92 bits per heavy atom. The number of ether oxygens (including phenoxy) is 4. The topological polar surface area (TPSA) is 354 Å². The van der Waals surface area contributed by atoms with E-state index < -0.39 is 116 Å². The summed E-state index contributed by atoms with van der Waals surface area (Å²) in [6.45, 7) is -0.276. The highest BCUT2D eigenvalue weighted by Gasteiger charge is 2.60. The zero-order chi connectivity index (χ0) is 29.4. The largest absolute Gasteiger partial charge is 0.394 e. The van der Waals surface area contributed by atoms with Gasteiger partial charge in [0.15, 0.2) is 24.5 Å². The third kappa shape index (κ3) is 6.05. The predicted molar refractivity (Wildman–Crippen MR) is 129 cm³/mol. The Labute approximate surface area is 222 Å². The molecule has 15 unspecified atom stereocenters. The zero-order valence-electron chi connectivity index (χ0n) is 21.0. The van der Waals surface area contributed by atoms with Crippen molar-refractivity contribution in [2.45, 2.75) is 98.2 Å². The van der Waals surface area contributed by atoms with Gasteiger partial charge in [-0.15, -0.1) is 0 Å². The molecule has 2 saturated heterocycles. The van der Waals surface area contributed by atoms with Crippen LogP contribution in [-0.4, -0.2) is 157 Å². The average molecular weight is 570 g/mol. The third-order valence-electron chi connectivity index (χ3n) is 7.20. The fourth-order valence-electron chi connectivity index (χ4n) is 4.89. The smallest absolute Gasteiger partial charge is 0.187 e. The third-order valence-corrected chi connectivity index (χ3v) is 7.20. The van der Waals surface area contributed by atoms with Crippen LogP contribution in [-0.2, 0) is 18.9 Å². The summed E-state index contributed by atoms with van der Waals surface area (Å²) in [5.41, 5.74) is 25.5. The maximum atomic E-state index is 11.2. The van der Waals surface area contributed by atoms with Crippen LogP contribution >= 0.6 is 0 Å². The summed E-state index contributed by atoms with van der Waals surface area (Å²) in [5.74, 6) is -1.02. The van der Waals surface area contributed by atoms with Gasteiger partial charge in [0.25, 0.3) is 0 Å². The van der Waals surface area contributed by atoms with Crippen LogP contribution in [0.3, 0.4) is 0 Å². The number of nitrogens with two attached hydrogens (primary N) is 5. The van der Waals surface area contributed by atoms with Crippen LogP contribution in [0.4, 0.5) is 0 Å². The van der Waals surface area contributed by atoms with Gasteiger partial charge in [0.1, 0.15) is 66.5 Å². The molecule has 18 N–H and O–H groups in total. The van der Waals surface area contributed by atoms with Crippen molar-refractivity contribution < 1.29 is 59.8 Å². The molecule has 0 aromatic heterocycles. The van der Waals surface area contributed by atoms with E-state index in [1.165, 1.54) is 6.92 Å². The van der Waals surface area contributed by atoms with Crippen molar-refractivity contribution in [3.05, 3.63) is 0 Å². The fraction of sp³-hybridized carbons (Fsp3) is 0.900. The van der Waals surface area contributed by atoms with Gasteiger partial charge >= 0.3 is 0 Å². The molecule has 1 aliphatic carbocycles. The van der Waals surface area contributed by atoms with Crippen molar-refractivity contribution in [1.82, 2.24) is 0 Å². The van der Waals surface area contributed by atoms with E-state index in [2.05, 4.69) is 9.98 Å². The van der Waals surface area contributed by atoms with Gasteiger partial charge in [-0.05, 0) is 6.92 Å². The molecule has 0 amide bonds. The lowest BCUT2D eigenvalue weighted by Crippen LogP contribution is -2.66. The molecule has 2 aliphatic heterocycles. The van der Waals surface area contributed by atoms with Crippen LogP contribution in [0.5, 0.6) is 0 Å². The van der Waals surface area contributed by atoms with E-state index in [4.69, 9.17) is 47.6 Å². The minimum Gasteiger partial charge on any atom is -0.394 e. The van der Waals surface area contributed by atoms with E-state index in [-0.39, 0.29) is 0 Å². The van der Waals surface area contributed by atoms with Crippen LogP contribution in [0.25, 0.3) is 0 Å². The number of hydrogen-bond donors (Lipinski definition) is 13. The predicted octanol–water partition coefficient (Wildman–Crippen LogP) is -8.63. The van der Waals surface area contributed by atoms with Crippen molar-refractivity contribution in [2.24, 2.45) is 38.7 Å². The highest BCUT2D eigenvalue weighted by Crippen LogP contribution is 2.39. The van der Waals surface area contributed by atoms with E-state index >= 15 is 0 Å². The summed E-state index contributed by atoms with van der Waals surface area (Å²) in [7, 11) is 0. The van der Waals surface area contributed by atoms with Crippen molar-refractivity contribution in [1.29, 1.82) is 0 Å². The molecular formula is C20H39N7O12. The van der Waals surface area contributed by atoms with Crippen molar-refractivity contribution in [2.75, 3.05) is 13.2 Å². The van der Waals surface area contributed by atoms with E-state index in [9.17, 15) is 40.9 Å². The monoisotopic (exact) mass is 569 g/mol. The Hall–Kier alpha value is -1.98. The molecule has 0 radical (unpaired) electrons. The number of aliphatic hydroxyl groups excluding tert-OH is 7. The standard InChI is InChI=1S/C20H39N7O12/c1-4-20(35,3-29)15(39-16-6(21)10(31)9(30)5(2-28)37-16)17(36-4)38-14-8(27-19(24)25)11(32)7(26-18(22)23)12(33)13(14)34/h4-17,28-35H,2-3,21H2,1H3,(H4,22,23,26)(H4,24,25,27). The second-order valence-corrected chi connectivity index (χ2v) is 9.80. The molecule has 39 heavy (non-hydrogen) atoms. The lowest BCUT2D eigenvalue weighted by molar-refractivity contribution is -0.315. The Balaban J connectivity index is 1.94. The van der Waals surface area contributed by atoms with Crippen molar-refractivity contribution in [3.63, 3.8) is 0 Å². The maximum Gasteiger partial charge on any atom is 0.187 e. The number of guanidine groups is 2. The van der Waals surface area contributed by atoms with Crippen LogP contribution in [0.2, 0.25) is 0 Å². The first kappa shape index (κ1) is 31.5. The summed E-state index contributed by atoms with van der Waals surface area (Å²) in [6, 6.07) is -4.33. The van der Waals surface area contributed by atoms with Crippen molar-refractivity contribution in [3.8, 4) is 0 Å². The number of hydrogen-bond acceptors (Lipinski definition) is 15. The minimum absolute atomic E-state index is 0.500. The molecule has 19 nitrogen and oxygen atoms in total. The second kappa shape index (κ2) is 12.3. The summed E-state index contributed by atoms with van der Waals surface area (Å²) in [6.07, 6.45) is -17.4. The molecular weight excluding hydrogens is 530 g/mol. The van der Waals surface area contributed by atoms with E-state index in [1.54, 1.807) is 0 Å². The lowest BCUT2D eigenvalue weighted by Gasteiger charge is -2.45. The highest BCUT2D eigenvalue weighted by molar-refractivity contribution is 5.76. The van der Waals surface area contributed by atoms with Gasteiger partial charge < -0.3 is 88.5 Å². The first-order valence-electron chi connectivity index (χ1n) is 12.1. The van der Waals surface area contributed by atoms with E-state index in [1.807, 2.05) is 0 Å². The number of aliphatic hydroxyl groups is 8. The Bertz CT molecular complexity index is 893. The Kier molecular flexibility index (Phi) is 9.92. The lowest BCUT2D eigenvalue weighted by atomic mass is 9.81. The maximum absolute atomic E-state index is 11.2. The van der Waals surface area contributed by atoms with Gasteiger partial charge in [-0.2, -0.15) is 0 Å². The van der Waals surface area contributed by atoms with Gasteiger partial charge in [-0.1, -0.05) is 0 Å². The van der Waals surface area contributed by atoms with E-state index in [0.29, 0.717) is 0 Å². The summed E-state index contributed by atoms with van der Waals surface area (Å²) in [4.78, 5) is 7.62. The zero-order valence-corrected chi connectivity index (χ0v) is 21.0. The van der Waals surface area contributed by atoms with Crippen LogP contribution in [0.1, 0.15) is 6.92 Å². The highest BCUT2D eigenvalue weighted by atomic mass is 16.8. The molecule has 0 bridgehead atoms. The second-order valence-electron chi connectivity index (χ2n) is 9.80. The van der Waals surface area contributed by atoms with Crippen LogP contribution < -0.4 is 28.7 Å². The molecule has 0 aromatic carbocycles. The first-order valence-corrected chi connectivity index (χ1v) is 12.1. The Morgan fingerprint density at radius 1 is 0.795 bits per heavy atom. The molecule has 3 aliphatic rings. The SMILES string of the molecule is CC1OC(OC2C(O)C(O)C(N=C(N)N)C(O)C2N=C(N)N)C(OC2OC(CO)C(O)C(O)C2N)C1(O)CO. The average Bonchev–Trinajstić information content (AvgIpc) is 3.11. The van der Waals surface area contributed by atoms with Gasteiger partial charge in [0.2, 0.25) is 0 Å². The fourth-order valence-corrected chi connectivity index (χ4v) is 4.89. The van der Waals surface area contributed by atoms with Gasteiger partial charge in [0, 0.05) is 0 Å². The summed E-state index contributed by atoms with van der Waals surface area (Å²) < 4.78 is 22.8. The minimum atomic E-state index is -2.17. The van der Waals surface area contributed by atoms with Crippen LogP contribution in [0, 0.1) is 0 Å². The van der Waals surface area contributed by atoms with Gasteiger partial charge in [-0.25, -0.2) is 9.98 Å². The molecule has 15 atom stereocenters. The van der Waals surface area contributed by atoms with Crippen LogP contribution in [0.15, 0.2) is 9.98 Å². The van der Waals surface area contributed by atoms with E-state index in [0.717, 1.165) is 0 Å². The molecule has 1 saturated carbocycles. The normalized spacial score (nSPS) is 48.5. The quantitative estimate of drug-likeness (QED) is 0.0952. The number of nitrogens with zero attached hydrogens (tertiary/aromatic N) is 2. The number of rotatable bonds is 8. The molecule has 19 heteroatoms. The molecule has 3 fully saturated rings. The van der Waals surface area contributed by atoms with Crippen molar-refractivity contribution >= 4 is 11.9 Å². The first-order chi connectivity index (χ1) is 18.2. The summed E-state index contributed by atoms with van der Waals surface area (Å²) in [5, 5.41) is 83.4. The van der Waals surface area contributed by atoms with Gasteiger partial charge in [0.05, 0.1) is 25.4 Å².